The average molecular weight is 196 g/mol. The second-order valence-electron chi connectivity index (χ2n) is 3.99. The summed E-state index contributed by atoms with van der Waals surface area (Å²) in [5.74, 6) is 0.879. The second-order valence-corrected chi connectivity index (χ2v) is 3.99. The van der Waals surface area contributed by atoms with Gasteiger partial charge in [-0.05, 0) is 13.8 Å². The summed E-state index contributed by atoms with van der Waals surface area (Å²) in [6.07, 6.45) is 1.49. The van der Waals surface area contributed by atoms with Crippen LogP contribution in [0, 0.1) is 13.8 Å². The molecule has 1 fully saturated rings. The molecule has 1 aliphatic carbocycles. The molecule has 4 nitrogen and oxygen atoms in total. The predicted molar refractivity (Wildman–Crippen MR) is 52.3 cm³/mol. The maximum Gasteiger partial charge on any atom is 0.163 e. The van der Waals surface area contributed by atoms with Crippen LogP contribution in [0.1, 0.15) is 24.2 Å². The zero-order valence-electron chi connectivity index (χ0n) is 8.82. The minimum atomic E-state index is -0.169. The lowest BCUT2D eigenvalue weighted by Gasteiger charge is -2.31. The van der Waals surface area contributed by atoms with Crippen LogP contribution in [-0.2, 0) is 7.05 Å². The number of hydrogen-bond donors (Lipinski definition) is 1. The molecule has 0 atom stereocenters. The van der Waals surface area contributed by atoms with Crippen LogP contribution in [0.2, 0.25) is 0 Å². The lowest BCUT2D eigenvalue weighted by molar-refractivity contribution is -0.0114. The van der Waals surface area contributed by atoms with E-state index < -0.39 is 0 Å². The highest BCUT2D eigenvalue weighted by Gasteiger charge is 2.30. The normalized spacial score (nSPS) is 26.0. The molecule has 0 unspecified atom stereocenters. The van der Waals surface area contributed by atoms with Gasteiger partial charge in [-0.2, -0.15) is 5.10 Å². The minimum Gasteiger partial charge on any atom is -0.486 e. The van der Waals surface area contributed by atoms with Gasteiger partial charge in [0.2, 0.25) is 0 Å². The standard InChI is InChI=1S/C10H16N2O2/c1-6-10(7(2)12(3)11-6)14-9-4-8(13)5-9/h8-9,13H,4-5H2,1-3H3. The Bertz CT molecular complexity index is 340. The second kappa shape index (κ2) is 3.28. The lowest BCUT2D eigenvalue weighted by atomic mass is 9.92. The van der Waals surface area contributed by atoms with Gasteiger partial charge in [0.1, 0.15) is 11.8 Å². The molecule has 0 aromatic carbocycles. The Hall–Kier alpha value is -1.03. The fourth-order valence-corrected chi connectivity index (χ4v) is 1.73. The van der Waals surface area contributed by atoms with Crippen molar-refractivity contribution in [2.75, 3.05) is 0 Å². The molecule has 14 heavy (non-hydrogen) atoms. The van der Waals surface area contributed by atoms with Crippen LogP contribution in [0.4, 0.5) is 0 Å². The molecule has 1 aromatic rings. The van der Waals surface area contributed by atoms with Crippen LogP contribution >= 0.6 is 0 Å². The van der Waals surface area contributed by atoms with Gasteiger partial charge in [-0.3, -0.25) is 4.68 Å². The van der Waals surface area contributed by atoms with Crippen molar-refractivity contribution in [3.05, 3.63) is 11.4 Å². The fourth-order valence-electron chi connectivity index (χ4n) is 1.73. The van der Waals surface area contributed by atoms with Crippen molar-refractivity contribution in [1.29, 1.82) is 0 Å². The Balaban J connectivity index is 2.09. The third kappa shape index (κ3) is 1.50. The first-order valence-electron chi connectivity index (χ1n) is 4.93. The van der Waals surface area contributed by atoms with E-state index >= 15 is 0 Å². The van der Waals surface area contributed by atoms with E-state index in [1.54, 1.807) is 0 Å². The number of aryl methyl sites for hydroxylation is 2. The Kier molecular flexibility index (Phi) is 2.23. The maximum absolute atomic E-state index is 9.14. The first-order valence-corrected chi connectivity index (χ1v) is 4.93. The van der Waals surface area contributed by atoms with Crippen molar-refractivity contribution in [3.8, 4) is 5.75 Å². The van der Waals surface area contributed by atoms with Crippen LogP contribution in [0.3, 0.4) is 0 Å². The number of aliphatic hydroxyl groups is 1. The largest absolute Gasteiger partial charge is 0.486 e. The van der Waals surface area contributed by atoms with Crippen LogP contribution in [0.25, 0.3) is 0 Å². The highest BCUT2D eigenvalue weighted by molar-refractivity contribution is 5.32. The SMILES string of the molecule is Cc1nn(C)c(C)c1OC1CC(O)C1. The Morgan fingerprint density at radius 3 is 2.50 bits per heavy atom. The molecule has 0 amide bonds. The van der Waals surface area contributed by atoms with Crippen molar-refractivity contribution in [2.45, 2.75) is 38.9 Å². The highest BCUT2D eigenvalue weighted by Crippen LogP contribution is 2.29. The van der Waals surface area contributed by atoms with E-state index in [9.17, 15) is 0 Å². The molecular formula is C10H16N2O2. The number of rotatable bonds is 2. The maximum atomic E-state index is 9.14. The van der Waals surface area contributed by atoms with Crippen molar-refractivity contribution >= 4 is 0 Å². The Morgan fingerprint density at radius 1 is 1.43 bits per heavy atom. The van der Waals surface area contributed by atoms with Gasteiger partial charge in [-0.25, -0.2) is 0 Å². The molecule has 0 aliphatic heterocycles. The molecule has 1 aliphatic rings. The van der Waals surface area contributed by atoms with E-state index in [2.05, 4.69) is 5.10 Å². The van der Waals surface area contributed by atoms with Gasteiger partial charge in [0.05, 0.1) is 11.8 Å². The Labute approximate surface area is 83.5 Å². The fraction of sp³-hybridized carbons (Fsp3) is 0.700. The van der Waals surface area contributed by atoms with Gasteiger partial charge in [0.25, 0.3) is 0 Å². The van der Waals surface area contributed by atoms with Crippen molar-refractivity contribution in [3.63, 3.8) is 0 Å². The average Bonchev–Trinajstić information content (AvgIpc) is 2.29. The topological polar surface area (TPSA) is 47.3 Å². The molecule has 1 N–H and O–H groups in total. The van der Waals surface area contributed by atoms with E-state index in [-0.39, 0.29) is 12.2 Å². The summed E-state index contributed by atoms with van der Waals surface area (Å²) < 4.78 is 7.58. The first-order chi connectivity index (χ1) is 6.58. The molecule has 1 aromatic heterocycles. The molecule has 0 radical (unpaired) electrons. The summed E-state index contributed by atoms with van der Waals surface area (Å²) in [7, 11) is 1.91. The minimum absolute atomic E-state index is 0.169. The summed E-state index contributed by atoms with van der Waals surface area (Å²) in [4.78, 5) is 0. The van der Waals surface area contributed by atoms with E-state index in [4.69, 9.17) is 9.84 Å². The molecule has 0 bridgehead atoms. The lowest BCUT2D eigenvalue weighted by Crippen LogP contribution is -2.37. The van der Waals surface area contributed by atoms with Crippen molar-refractivity contribution in [1.82, 2.24) is 9.78 Å². The van der Waals surface area contributed by atoms with E-state index in [0.717, 1.165) is 30.0 Å². The molecule has 1 heterocycles. The molecule has 0 spiro atoms. The van der Waals surface area contributed by atoms with Gasteiger partial charge in [0.15, 0.2) is 5.75 Å². The summed E-state index contributed by atoms with van der Waals surface area (Å²) in [5.41, 5.74) is 1.97. The molecular weight excluding hydrogens is 180 g/mol. The number of nitrogens with zero attached hydrogens (tertiary/aromatic N) is 2. The third-order valence-corrected chi connectivity index (χ3v) is 2.80. The van der Waals surface area contributed by atoms with E-state index in [0.29, 0.717) is 0 Å². The number of aromatic nitrogens is 2. The van der Waals surface area contributed by atoms with E-state index in [1.165, 1.54) is 0 Å². The highest BCUT2D eigenvalue weighted by atomic mass is 16.5. The van der Waals surface area contributed by atoms with Crippen LogP contribution < -0.4 is 4.74 Å². The summed E-state index contributed by atoms with van der Waals surface area (Å²) >= 11 is 0. The Morgan fingerprint density at radius 2 is 2.07 bits per heavy atom. The smallest absolute Gasteiger partial charge is 0.163 e. The van der Waals surface area contributed by atoms with Gasteiger partial charge in [-0.1, -0.05) is 0 Å². The quantitative estimate of drug-likeness (QED) is 0.765. The monoisotopic (exact) mass is 196 g/mol. The third-order valence-electron chi connectivity index (χ3n) is 2.80. The molecule has 1 saturated carbocycles. The molecule has 0 saturated heterocycles. The zero-order valence-corrected chi connectivity index (χ0v) is 8.82. The number of aliphatic hydroxyl groups excluding tert-OH is 1. The van der Waals surface area contributed by atoms with Gasteiger partial charge < -0.3 is 9.84 Å². The summed E-state index contributed by atoms with van der Waals surface area (Å²) in [6, 6.07) is 0. The van der Waals surface area contributed by atoms with Crippen molar-refractivity contribution < 1.29 is 9.84 Å². The van der Waals surface area contributed by atoms with Crippen LogP contribution in [0.5, 0.6) is 5.75 Å². The number of ether oxygens (including phenoxy) is 1. The molecule has 4 heteroatoms. The van der Waals surface area contributed by atoms with Gasteiger partial charge >= 0.3 is 0 Å². The summed E-state index contributed by atoms with van der Waals surface area (Å²) in [6.45, 7) is 3.93. The first kappa shape index (κ1) is 9.52. The van der Waals surface area contributed by atoms with Gasteiger partial charge in [-0.15, -0.1) is 0 Å². The van der Waals surface area contributed by atoms with Crippen molar-refractivity contribution in [2.24, 2.45) is 7.05 Å². The van der Waals surface area contributed by atoms with Gasteiger partial charge in [0, 0.05) is 19.9 Å². The van der Waals surface area contributed by atoms with Crippen LogP contribution in [0.15, 0.2) is 0 Å². The summed E-state index contributed by atoms with van der Waals surface area (Å²) in [5, 5.41) is 13.4. The number of hydrogen-bond acceptors (Lipinski definition) is 3. The molecule has 78 valence electrons. The molecule has 2 rings (SSSR count). The van der Waals surface area contributed by atoms with E-state index in [1.807, 2.05) is 25.6 Å². The zero-order chi connectivity index (χ0) is 10.3. The predicted octanol–water partition coefficient (Wildman–Crippen LogP) is 0.939. The van der Waals surface area contributed by atoms with Crippen LogP contribution in [-0.4, -0.2) is 27.1 Å².